The molecule has 0 N–H and O–H groups in total. The molecule has 1 aliphatic carbocycles. The van der Waals surface area contributed by atoms with Crippen molar-refractivity contribution < 1.29 is 0 Å². The largest absolute Gasteiger partial charge is 0.294 e. The van der Waals surface area contributed by atoms with Crippen molar-refractivity contribution in [3.63, 3.8) is 0 Å². The van der Waals surface area contributed by atoms with Crippen LogP contribution >= 0.6 is 0 Å². The molecule has 0 aliphatic heterocycles. The average molecular weight is 219 g/mol. The number of nitrogens with zero attached hydrogens (tertiary/aromatic N) is 1. The van der Waals surface area contributed by atoms with Crippen LogP contribution in [0.5, 0.6) is 0 Å². The Labute approximate surface area is 102 Å². The van der Waals surface area contributed by atoms with Crippen LogP contribution in [-0.2, 0) is 0 Å². The first kappa shape index (κ1) is 13.3. The minimum Gasteiger partial charge on any atom is -0.294 e. The lowest BCUT2D eigenvalue weighted by Crippen LogP contribution is -2.50. The van der Waals surface area contributed by atoms with Gasteiger partial charge in [-0.15, -0.1) is 0 Å². The van der Waals surface area contributed by atoms with Gasteiger partial charge in [0.2, 0.25) is 0 Å². The van der Waals surface area contributed by atoms with Crippen molar-refractivity contribution in [1.29, 1.82) is 0 Å². The average Bonchev–Trinajstić information content (AvgIpc) is 2.31. The zero-order valence-corrected chi connectivity index (χ0v) is 9.95. The molecule has 0 saturated heterocycles. The van der Waals surface area contributed by atoms with Gasteiger partial charge in [0.15, 0.2) is 0 Å². The van der Waals surface area contributed by atoms with Crippen LogP contribution in [0.3, 0.4) is 0 Å². The van der Waals surface area contributed by atoms with Gasteiger partial charge in [0.1, 0.15) is 5.69 Å². The maximum atomic E-state index is 2.35. The van der Waals surface area contributed by atoms with Gasteiger partial charge in [-0.3, -0.25) is 4.48 Å². The van der Waals surface area contributed by atoms with Crippen molar-refractivity contribution in [1.82, 2.24) is 4.48 Å². The number of hydrogen-bond acceptors (Lipinski definition) is 0. The van der Waals surface area contributed by atoms with E-state index in [2.05, 4.69) is 44.4 Å². The highest BCUT2D eigenvalue weighted by molar-refractivity contribution is 5.75. The Bertz CT molecular complexity index is 302. The lowest BCUT2D eigenvalue weighted by Gasteiger charge is -2.39. The summed E-state index contributed by atoms with van der Waals surface area (Å²) < 4.78 is 1.06. The van der Waals surface area contributed by atoms with Crippen molar-refractivity contribution in [2.45, 2.75) is 38.1 Å². The van der Waals surface area contributed by atoms with Gasteiger partial charge in [-0.2, -0.15) is 0 Å². The van der Waals surface area contributed by atoms with E-state index in [1.165, 1.54) is 37.8 Å². The van der Waals surface area contributed by atoms with Crippen molar-refractivity contribution >= 4 is 14.1 Å². The van der Waals surface area contributed by atoms with E-state index < -0.39 is 0 Å². The molecule has 0 atom stereocenters. The fourth-order valence-corrected chi connectivity index (χ4v) is 2.75. The minimum absolute atomic E-state index is 0. The third kappa shape index (κ3) is 2.68. The van der Waals surface area contributed by atoms with E-state index in [1.54, 1.807) is 0 Å². The highest BCUT2D eigenvalue weighted by Crippen LogP contribution is 2.30. The molecule has 2 heteroatoms. The van der Waals surface area contributed by atoms with Gasteiger partial charge in [0.25, 0.3) is 0 Å². The molecule has 1 aromatic carbocycles. The molecular formula is C14H26BN. The van der Waals surface area contributed by atoms with Crippen LogP contribution in [0, 0.1) is 0 Å². The normalized spacial score (nSPS) is 17.9. The number of hydrogen-bond donors (Lipinski definition) is 0. The molecule has 1 fully saturated rings. The van der Waals surface area contributed by atoms with Gasteiger partial charge in [0, 0.05) is 0 Å². The second-order valence-corrected chi connectivity index (χ2v) is 5.17. The van der Waals surface area contributed by atoms with E-state index in [1.807, 2.05) is 0 Å². The Balaban J connectivity index is 0.00000128. The molecule has 1 aromatic rings. The lowest BCUT2D eigenvalue weighted by atomic mass is 9.92. The first-order chi connectivity index (χ1) is 7.21. The molecule has 0 bridgehead atoms. The number of benzene rings is 1. The molecular weight excluding hydrogens is 193 g/mol. The maximum absolute atomic E-state index is 2.35. The van der Waals surface area contributed by atoms with Crippen LogP contribution in [0.25, 0.3) is 0 Å². The summed E-state index contributed by atoms with van der Waals surface area (Å²) in [7, 11) is 4.70. The third-order valence-electron chi connectivity index (χ3n) is 3.91. The van der Waals surface area contributed by atoms with Crippen LogP contribution < -0.4 is 4.48 Å². The molecule has 1 nitrogen and oxygen atoms in total. The standard InChI is InChI=1S/C14H22N.BH4/c1-15(2,13-9-5-3-6-10-13)14-11-7-4-8-12-14;/h3,5-6,9-10,14H,4,7-8,11-12H2,1-2H3;1H4/q+1;-1. The molecule has 90 valence electrons. The quantitative estimate of drug-likeness (QED) is 0.528. The molecule has 1 aliphatic rings. The van der Waals surface area contributed by atoms with E-state index in [-0.39, 0.29) is 8.41 Å². The summed E-state index contributed by atoms with van der Waals surface area (Å²) in [6.07, 6.45) is 7.05. The summed E-state index contributed by atoms with van der Waals surface area (Å²) >= 11 is 0. The Kier molecular flexibility index (Phi) is 4.61. The molecule has 0 unspecified atom stereocenters. The van der Waals surface area contributed by atoms with Crippen LogP contribution in [0.1, 0.15) is 32.1 Å². The van der Waals surface area contributed by atoms with Gasteiger partial charge < -0.3 is 0 Å². The summed E-state index contributed by atoms with van der Waals surface area (Å²) in [4.78, 5) is 0. The number of para-hydroxylation sites is 1. The first-order valence-electron chi connectivity index (χ1n) is 6.10. The molecule has 0 radical (unpaired) electrons. The fraction of sp³-hybridized carbons (Fsp3) is 0.571. The van der Waals surface area contributed by atoms with Crippen molar-refractivity contribution in [2.75, 3.05) is 14.1 Å². The van der Waals surface area contributed by atoms with Gasteiger partial charge in [-0.05, 0) is 37.8 Å². The van der Waals surface area contributed by atoms with Crippen LogP contribution in [0.15, 0.2) is 30.3 Å². The Morgan fingerprint density at radius 2 is 1.50 bits per heavy atom. The summed E-state index contributed by atoms with van der Waals surface area (Å²) in [5.74, 6) is 0. The SMILES string of the molecule is C[N+](C)(c1ccccc1)C1CCCCC1.[BH4-]. The van der Waals surface area contributed by atoms with Crippen molar-refractivity contribution in [2.24, 2.45) is 0 Å². The number of rotatable bonds is 2. The van der Waals surface area contributed by atoms with Gasteiger partial charge in [-0.1, -0.05) is 33.0 Å². The fourth-order valence-electron chi connectivity index (χ4n) is 2.75. The molecule has 1 saturated carbocycles. The number of quaternary nitrogens is 1. The summed E-state index contributed by atoms with van der Waals surface area (Å²) in [6, 6.07) is 11.7. The van der Waals surface area contributed by atoms with Crippen LogP contribution in [0.4, 0.5) is 5.69 Å². The molecule has 0 amide bonds. The molecule has 2 rings (SSSR count). The molecule has 0 aromatic heterocycles. The predicted octanol–water partition coefficient (Wildman–Crippen LogP) is 2.13. The molecule has 16 heavy (non-hydrogen) atoms. The monoisotopic (exact) mass is 219 g/mol. The Morgan fingerprint density at radius 3 is 2.06 bits per heavy atom. The predicted molar refractivity (Wildman–Crippen MR) is 78.3 cm³/mol. The molecule has 0 spiro atoms. The van der Waals surface area contributed by atoms with Crippen LogP contribution in [-0.4, -0.2) is 28.6 Å². The van der Waals surface area contributed by atoms with Crippen molar-refractivity contribution in [3.8, 4) is 0 Å². The second kappa shape index (κ2) is 5.54. The maximum Gasteiger partial charge on any atom is 0.132 e. The van der Waals surface area contributed by atoms with Gasteiger partial charge in [-0.25, -0.2) is 0 Å². The topological polar surface area (TPSA) is 0 Å². The van der Waals surface area contributed by atoms with Gasteiger partial charge in [0.05, 0.1) is 20.1 Å². The highest BCUT2D eigenvalue weighted by atomic mass is 15.3. The summed E-state index contributed by atoms with van der Waals surface area (Å²) in [5, 5.41) is 0. The lowest BCUT2D eigenvalue weighted by molar-refractivity contribution is 0.229. The smallest absolute Gasteiger partial charge is 0.132 e. The third-order valence-corrected chi connectivity index (χ3v) is 3.91. The van der Waals surface area contributed by atoms with E-state index in [0.717, 1.165) is 10.5 Å². The Morgan fingerprint density at radius 1 is 0.938 bits per heavy atom. The van der Waals surface area contributed by atoms with E-state index in [4.69, 9.17) is 0 Å². The zero-order valence-electron chi connectivity index (χ0n) is 9.95. The summed E-state index contributed by atoms with van der Waals surface area (Å²) in [5.41, 5.74) is 1.45. The first-order valence-corrected chi connectivity index (χ1v) is 6.10. The van der Waals surface area contributed by atoms with E-state index >= 15 is 0 Å². The van der Waals surface area contributed by atoms with Crippen molar-refractivity contribution in [3.05, 3.63) is 30.3 Å². The van der Waals surface area contributed by atoms with E-state index in [0.29, 0.717) is 0 Å². The Hall–Kier alpha value is -0.755. The van der Waals surface area contributed by atoms with Gasteiger partial charge >= 0.3 is 0 Å². The van der Waals surface area contributed by atoms with E-state index in [9.17, 15) is 0 Å². The van der Waals surface area contributed by atoms with Crippen LogP contribution in [0.2, 0.25) is 0 Å². The zero-order chi connectivity index (χ0) is 10.7. The summed E-state index contributed by atoms with van der Waals surface area (Å²) in [6.45, 7) is 0. The molecule has 0 heterocycles. The second-order valence-electron chi connectivity index (χ2n) is 5.17. The minimum atomic E-state index is 0. The highest BCUT2D eigenvalue weighted by Gasteiger charge is 2.31.